The SMILES string of the molecule is CCCS(=O)(=O)Nc1cc(-c2ccc(=O)n(C)c2)nc(Oc2c(C)ccc(F)c2F)n1. The first kappa shape index (κ1) is 22.3. The van der Waals surface area contributed by atoms with Crippen LogP contribution in [0.25, 0.3) is 11.3 Å². The second-order valence-corrected chi connectivity index (χ2v) is 8.66. The minimum absolute atomic E-state index is 0.114. The number of rotatable bonds is 7. The number of hydrogen-bond donors (Lipinski definition) is 1. The molecule has 0 bridgehead atoms. The topological polar surface area (TPSA) is 103 Å². The van der Waals surface area contributed by atoms with E-state index in [-0.39, 0.29) is 22.8 Å². The highest BCUT2D eigenvalue weighted by atomic mass is 32.2. The highest BCUT2D eigenvalue weighted by molar-refractivity contribution is 7.92. The molecule has 2 aromatic heterocycles. The van der Waals surface area contributed by atoms with E-state index >= 15 is 0 Å². The molecule has 0 saturated heterocycles. The summed E-state index contributed by atoms with van der Waals surface area (Å²) < 4.78 is 61.3. The van der Waals surface area contributed by atoms with Crippen molar-refractivity contribution in [3.8, 4) is 23.0 Å². The molecule has 0 aliphatic carbocycles. The molecule has 0 fully saturated rings. The summed E-state index contributed by atoms with van der Waals surface area (Å²) in [5.74, 6) is -3.00. The van der Waals surface area contributed by atoms with Gasteiger partial charge in [-0.1, -0.05) is 13.0 Å². The smallest absolute Gasteiger partial charge is 0.324 e. The van der Waals surface area contributed by atoms with Gasteiger partial charge in [0.25, 0.3) is 0 Å². The zero-order valence-corrected chi connectivity index (χ0v) is 17.8. The lowest BCUT2D eigenvalue weighted by Gasteiger charge is -2.13. The lowest BCUT2D eigenvalue weighted by Crippen LogP contribution is -2.17. The standard InChI is InChI=1S/C20H20F2N4O4S/c1-4-9-31(28,29)25-16-10-15(13-6-8-17(27)26(3)11-13)23-20(24-16)30-19-12(2)5-7-14(21)18(19)22/h5-8,10-11H,4,9H2,1-3H3,(H,23,24,25). The van der Waals surface area contributed by atoms with E-state index in [1.54, 1.807) is 14.0 Å². The van der Waals surface area contributed by atoms with E-state index in [1.807, 2.05) is 0 Å². The van der Waals surface area contributed by atoms with E-state index < -0.39 is 33.4 Å². The highest BCUT2D eigenvalue weighted by Crippen LogP contribution is 2.30. The van der Waals surface area contributed by atoms with E-state index in [9.17, 15) is 22.0 Å². The van der Waals surface area contributed by atoms with Crippen molar-refractivity contribution in [1.29, 1.82) is 0 Å². The number of aromatic nitrogens is 3. The molecule has 3 aromatic rings. The van der Waals surface area contributed by atoms with Crippen molar-refractivity contribution in [2.75, 3.05) is 10.5 Å². The van der Waals surface area contributed by atoms with Gasteiger partial charge in [0.15, 0.2) is 11.6 Å². The van der Waals surface area contributed by atoms with E-state index in [0.717, 1.165) is 6.07 Å². The summed E-state index contributed by atoms with van der Waals surface area (Å²) in [5.41, 5.74) is 0.713. The van der Waals surface area contributed by atoms with Crippen LogP contribution in [0.4, 0.5) is 14.6 Å². The summed E-state index contributed by atoms with van der Waals surface area (Å²) in [7, 11) is -2.15. The number of aryl methyl sites for hydroxylation is 2. The van der Waals surface area contributed by atoms with Gasteiger partial charge in [-0.3, -0.25) is 9.52 Å². The molecule has 164 valence electrons. The van der Waals surface area contributed by atoms with Crippen LogP contribution in [0.5, 0.6) is 11.8 Å². The van der Waals surface area contributed by atoms with Gasteiger partial charge in [-0.05, 0) is 31.0 Å². The molecule has 0 radical (unpaired) electrons. The fourth-order valence-corrected chi connectivity index (χ4v) is 3.80. The average molecular weight is 450 g/mol. The molecule has 0 amide bonds. The molecule has 3 rings (SSSR count). The van der Waals surface area contributed by atoms with Crippen molar-refractivity contribution in [3.05, 3.63) is 64.1 Å². The lowest BCUT2D eigenvalue weighted by molar-refractivity contribution is 0.391. The van der Waals surface area contributed by atoms with Gasteiger partial charge >= 0.3 is 6.01 Å². The quantitative estimate of drug-likeness (QED) is 0.592. The van der Waals surface area contributed by atoms with Crippen LogP contribution in [0, 0.1) is 18.6 Å². The van der Waals surface area contributed by atoms with Gasteiger partial charge in [0.1, 0.15) is 5.82 Å². The van der Waals surface area contributed by atoms with Gasteiger partial charge in [-0.2, -0.15) is 14.4 Å². The van der Waals surface area contributed by atoms with Crippen molar-refractivity contribution in [2.45, 2.75) is 20.3 Å². The first-order valence-electron chi connectivity index (χ1n) is 9.28. The average Bonchev–Trinajstić information content (AvgIpc) is 2.69. The second kappa shape index (κ2) is 8.80. The van der Waals surface area contributed by atoms with Crippen molar-refractivity contribution in [2.24, 2.45) is 7.05 Å². The zero-order valence-electron chi connectivity index (χ0n) is 17.0. The maximum atomic E-state index is 14.2. The zero-order chi connectivity index (χ0) is 22.8. The van der Waals surface area contributed by atoms with Gasteiger partial charge in [-0.15, -0.1) is 0 Å². The Morgan fingerprint density at radius 3 is 2.58 bits per heavy atom. The molecule has 0 atom stereocenters. The van der Waals surface area contributed by atoms with E-state index in [4.69, 9.17) is 4.74 Å². The van der Waals surface area contributed by atoms with Gasteiger partial charge in [0, 0.05) is 30.9 Å². The first-order chi connectivity index (χ1) is 14.6. The fourth-order valence-electron chi connectivity index (χ4n) is 2.74. The third kappa shape index (κ3) is 5.23. The summed E-state index contributed by atoms with van der Waals surface area (Å²) >= 11 is 0. The van der Waals surface area contributed by atoms with Crippen molar-refractivity contribution >= 4 is 15.8 Å². The summed E-state index contributed by atoms with van der Waals surface area (Å²) in [4.78, 5) is 19.9. The third-order valence-corrected chi connectivity index (χ3v) is 5.73. The number of nitrogens with one attached hydrogen (secondary N) is 1. The van der Waals surface area contributed by atoms with Crippen LogP contribution < -0.4 is 15.0 Å². The van der Waals surface area contributed by atoms with Crippen molar-refractivity contribution in [1.82, 2.24) is 14.5 Å². The van der Waals surface area contributed by atoms with Gasteiger partial charge in [0.05, 0.1) is 11.4 Å². The van der Waals surface area contributed by atoms with Gasteiger partial charge < -0.3 is 9.30 Å². The molecular formula is C20H20F2N4O4S. The molecule has 0 spiro atoms. The maximum absolute atomic E-state index is 14.2. The number of hydrogen-bond acceptors (Lipinski definition) is 6. The fraction of sp³-hybridized carbons (Fsp3) is 0.250. The maximum Gasteiger partial charge on any atom is 0.324 e. The Morgan fingerprint density at radius 2 is 1.90 bits per heavy atom. The Hall–Kier alpha value is -3.34. The molecule has 1 aromatic carbocycles. The van der Waals surface area contributed by atoms with E-state index in [2.05, 4.69) is 14.7 Å². The number of pyridine rings is 1. The second-order valence-electron chi connectivity index (χ2n) is 6.82. The molecular weight excluding hydrogens is 430 g/mol. The highest BCUT2D eigenvalue weighted by Gasteiger charge is 2.18. The number of anilines is 1. The Kier molecular flexibility index (Phi) is 6.34. The van der Waals surface area contributed by atoms with Crippen molar-refractivity contribution < 1.29 is 21.9 Å². The molecule has 8 nitrogen and oxygen atoms in total. The molecule has 11 heteroatoms. The summed E-state index contributed by atoms with van der Waals surface area (Å²) in [6.07, 6.45) is 1.87. The predicted molar refractivity (Wildman–Crippen MR) is 112 cm³/mol. The van der Waals surface area contributed by atoms with E-state index in [0.29, 0.717) is 17.5 Å². The van der Waals surface area contributed by atoms with Crippen LogP contribution in [0.3, 0.4) is 0 Å². The van der Waals surface area contributed by atoms with Crippen molar-refractivity contribution in [3.63, 3.8) is 0 Å². The van der Waals surface area contributed by atoms with E-state index in [1.165, 1.54) is 42.0 Å². The van der Waals surface area contributed by atoms with Crippen LogP contribution in [0.1, 0.15) is 18.9 Å². The number of ether oxygens (including phenoxy) is 1. The Morgan fingerprint density at radius 1 is 1.16 bits per heavy atom. The molecule has 2 heterocycles. The summed E-state index contributed by atoms with van der Waals surface area (Å²) in [5, 5.41) is 0. The minimum atomic E-state index is -3.70. The molecule has 31 heavy (non-hydrogen) atoms. The Bertz CT molecular complexity index is 1290. The normalized spacial score (nSPS) is 11.4. The number of sulfonamides is 1. The molecule has 1 N–H and O–H groups in total. The Balaban J connectivity index is 2.12. The molecule has 0 saturated carbocycles. The molecule has 0 aliphatic rings. The largest absolute Gasteiger partial charge is 0.421 e. The van der Waals surface area contributed by atoms with Crippen LogP contribution in [0.15, 0.2) is 41.3 Å². The first-order valence-corrected chi connectivity index (χ1v) is 10.9. The molecule has 0 aliphatic heterocycles. The molecule has 0 unspecified atom stereocenters. The van der Waals surface area contributed by atoms with Gasteiger partial charge in [0.2, 0.25) is 21.4 Å². The van der Waals surface area contributed by atoms with Crippen LogP contribution in [0.2, 0.25) is 0 Å². The van der Waals surface area contributed by atoms with Crippen LogP contribution in [-0.4, -0.2) is 28.7 Å². The number of nitrogens with zero attached hydrogens (tertiary/aromatic N) is 3. The number of halogens is 2. The third-order valence-electron chi connectivity index (χ3n) is 4.26. The van der Waals surface area contributed by atoms with Crippen LogP contribution in [-0.2, 0) is 17.1 Å². The predicted octanol–water partition coefficient (Wildman–Crippen LogP) is 3.37. The summed E-state index contributed by atoms with van der Waals surface area (Å²) in [6, 6.07) is 6.06. The van der Waals surface area contributed by atoms with Crippen LogP contribution >= 0.6 is 0 Å². The lowest BCUT2D eigenvalue weighted by atomic mass is 10.2. The Labute approximate surface area is 177 Å². The minimum Gasteiger partial charge on any atom is -0.421 e. The monoisotopic (exact) mass is 450 g/mol. The summed E-state index contributed by atoms with van der Waals surface area (Å²) in [6.45, 7) is 3.22. The van der Waals surface area contributed by atoms with Gasteiger partial charge in [-0.25, -0.2) is 12.8 Å². The number of benzene rings is 1.